The number of hydrogen-bond donors (Lipinski definition) is 2. The number of carboxylic acid groups (broad SMARTS) is 1. The quantitative estimate of drug-likeness (QED) is 0.803. The van der Waals surface area contributed by atoms with Crippen LogP contribution >= 0.6 is 0 Å². The first-order valence-electron chi connectivity index (χ1n) is 9.28. The lowest BCUT2D eigenvalue weighted by Crippen LogP contribution is -2.46. The lowest BCUT2D eigenvalue weighted by molar-refractivity contribution is -0.141. The van der Waals surface area contributed by atoms with Gasteiger partial charge < -0.3 is 15.2 Å². The molecule has 1 saturated carbocycles. The first-order valence-corrected chi connectivity index (χ1v) is 9.28. The average molecular weight is 379 g/mol. The number of alkyl carbamates (subject to hydrolysis) is 1. The summed E-state index contributed by atoms with van der Waals surface area (Å²) in [7, 11) is 0. The van der Waals surface area contributed by atoms with Crippen molar-refractivity contribution in [2.45, 2.75) is 38.3 Å². The molecule has 0 spiro atoms. The van der Waals surface area contributed by atoms with Gasteiger partial charge in [-0.3, -0.25) is 0 Å². The Bertz CT molecular complexity index is 842. The molecule has 0 aromatic heterocycles. The zero-order chi connectivity index (χ0) is 20.4. The van der Waals surface area contributed by atoms with E-state index in [0.717, 1.165) is 16.7 Å². The van der Waals surface area contributed by atoms with Gasteiger partial charge in [0.25, 0.3) is 0 Å². The van der Waals surface area contributed by atoms with Crippen molar-refractivity contribution < 1.29 is 19.4 Å². The normalized spacial score (nSPS) is 20.8. The number of benzene rings is 2. The molecule has 0 radical (unpaired) electrons. The van der Waals surface area contributed by atoms with Crippen LogP contribution in [0.25, 0.3) is 5.57 Å². The van der Waals surface area contributed by atoms with Gasteiger partial charge in [-0.2, -0.15) is 0 Å². The summed E-state index contributed by atoms with van der Waals surface area (Å²) < 4.78 is 5.25. The van der Waals surface area contributed by atoms with Crippen LogP contribution in [0.3, 0.4) is 0 Å². The maximum atomic E-state index is 12.2. The van der Waals surface area contributed by atoms with E-state index < -0.39 is 23.2 Å². The molecule has 0 heterocycles. The van der Waals surface area contributed by atoms with Crippen molar-refractivity contribution in [2.24, 2.45) is 5.92 Å². The summed E-state index contributed by atoms with van der Waals surface area (Å²) in [6.07, 6.45) is 1.55. The van der Waals surface area contributed by atoms with Crippen LogP contribution in [-0.2, 0) is 9.53 Å². The predicted octanol–water partition coefficient (Wildman–Crippen LogP) is 4.49. The Morgan fingerprint density at radius 2 is 1.54 bits per heavy atom. The molecule has 2 aromatic carbocycles. The molecule has 0 aliphatic heterocycles. The first kappa shape index (κ1) is 19.7. The number of rotatable bonds is 5. The average Bonchev–Trinajstić information content (AvgIpc) is 3.33. The van der Waals surface area contributed by atoms with E-state index in [4.69, 9.17) is 4.74 Å². The molecule has 1 aliphatic carbocycles. The van der Waals surface area contributed by atoms with Crippen molar-refractivity contribution in [3.63, 3.8) is 0 Å². The van der Waals surface area contributed by atoms with Gasteiger partial charge in [0.2, 0.25) is 0 Å². The third-order valence-electron chi connectivity index (χ3n) is 4.66. The van der Waals surface area contributed by atoms with Gasteiger partial charge in [-0.15, -0.1) is 0 Å². The van der Waals surface area contributed by atoms with Gasteiger partial charge >= 0.3 is 12.1 Å². The van der Waals surface area contributed by atoms with Gasteiger partial charge in [0, 0.05) is 5.92 Å². The largest absolute Gasteiger partial charge is 0.479 e. The third kappa shape index (κ3) is 4.42. The van der Waals surface area contributed by atoms with E-state index in [-0.39, 0.29) is 5.92 Å². The van der Waals surface area contributed by atoms with Crippen LogP contribution in [0.5, 0.6) is 0 Å². The second-order valence-electron chi connectivity index (χ2n) is 8.03. The van der Waals surface area contributed by atoms with Gasteiger partial charge in [-0.1, -0.05) is 66.7 Å². The zero-order valence-corrected chi connectivity index (χ0v) is 16.3. The lowest BCUT2D eigenvalue weighted by atomic mass is 9.96. The maximum Gasteiger partial charge on any atom is 0.408 e. The van der Waals surface area contributed by atoms with Gasteiger partial charge in [0.1, 0.15) is 11.1 Å². The van der Waals surface area contributed by atoms with Crippen LogP contribution < -0.4 is 5.32 Å². The third-order valence-corrected chi connectivity index (χ3v) is 4.66. The summed E-state index contributed by atoms with van der Waals surface area (Å²) >= 11 is 0. The second-order valence-corrected chi connectivity index (χ2v) is 8.03. The summed E-state index contributed by atoms with van der Waals surface area (Å²) in [6, 6.07) is 19.6. The van der Waals surface area contributed by atoms with Crippen molar-refractivity contribution in [2.75, 3.05) is 0 Å². The van der Waals surface area contributed by atoms with Gasteiger partial charge in [0.05, 0.1) is 0 Å². The van der Waals surface area contributed by atoms with E-state index in [1.54, 1.807) is 20.8 Å². The Morgan fingerprint density at radius 1 is 1.04 bits per heavy atom. The van der Waals surface area contributed by atoms with E-state index in [1.165, 1.54) is 0 Å². The van der Waals surface area contributed by atoms with Crippen LogP contribution in [0.15, 0.2) is 66.7 Å². The fourth-order valence-corrected chi connectivity index (χ4v) is 3.21. The molecular formula is C23H25NO4. The van der Waals surface area contributed by atoms with Crippen molar-refractivity contribution in [1.82, 2.24) is 5.32 Å². The van der Waals surface area contributed by atoms with Gasteiger partial charge in [0.15, 0.2) is 0 Å². The Labute approximate surface area is 165 Å². The van der Waals surface area contributed by atoms with Gasteiger partial charge in [-0.05, 0) is 43.9 Å². The minimum atomic E-state index is -1.34. The first-order chi connectivity index (χ1) is 13.2. The van der Waals surface area contributed by atoms with E-state index in [2.05, 4.69) is 5.32 Å². The minimum Gasteiger partial charge on any atom is -0.479 e. The summed E-state index contributed by atoms with van der Waals surface area (Å²) in [5, 5.41) is 12.4. The number of carbonyl (C=O) groups is 2. The topological polar surface area (TPSA) is 75.6 Å². The van der Waals surface area contributed by atoms with E-state index in [9.17, 15) is 14.7 Å². The SMILES string of the molecule is CC(C)(C)OC(=O)N[C@@]1(C(=O)O)C[C@H]1C=C(c1ccccc1)c1ccccc1. The molecule has 1 fully saturated rings. The highest BCUT2D eigenvalue weighted by Gasteiger charge is 2.61. The van der Waals surface area contributed by atoms with Gasteiger partial charge in [-0.25, -0.2) is 9.59 Å². The number of hydrogen-bond acceptors (Lipinski definition) is 3. The molecule has 0 bridgehead atoms. The Balaban J connectivity index is 1.91. The highest BCUT2D eigenvalue weighted by atomic mass is 16.6. The molecule has 146 valence electrons. The fraction of sp³-hybridized carbons (Fsp3) is 0.304. The molecule has 0 saturated heterocycles. The van der Waals surface area contributed by atoms with Crippen molar-refractivity contribution in [1.29, 1.82) is 0 Å². The van der Waals surface area contributed by atoms with E-state index in [1.807, 2.05) is 66.7 Å². The molecule has 28 heavy (non-hydrogen) atoms. The highest BCUT2D eigenvalue weighted by Crippen LogP contribution is 2.47. The lowest BCUT2D eigenvalue weighted by Gasteiger charge is -2.22. The molecule has 3 rings (SSSR count). The molecule has 0 unspecified atom stereocenters. The zero-order valence-electron chi connectivity index (χ0n) is 16.3. The molecule has 5 nitrogen and oxygen atoms in total. The Kier molecular flexibility index (Phi) is 5.27. The highest BCUT2D eigenvalue weighted by molar-refractivity contribution is 5.90. The molecular weight excluding hydrogens is 354 g/mol. The minimum absolute atomic E-state index is 0.324. The maximum absolute atomic E-state index is 12.2. The predicted molar refractivity (Wildman–Crippen MR) is 108 cm³/mol. The van der Waals surface area contributed by atoms with Crippen LogP contribution in [-0.4, -0.2) is 28.3 Å². The number of carbonyl (C=O) groups excluding carboxylic acids is 1. The summed E-state index contributed by atoms with van der Waals surface area (Å²) in [5.74, 6) is -1.38. The second kappa shape index (κ2) is 7.50. The van der Waals surface area contributed by atoms with Crippen LogP contribution in [0.4, 0.5) is 4.79 Å². The molecule has 2 aromatic rings. The monoisotopic (exact) mass is 379 g/mol. The fourth-order valence-electron chi connectivity index (χ4n) is 3.21. The summed E-state index contributed by atoms with van der Waals surface area (Å²) in [5.41, 5.74) is 0.912. The number of amides is 1. The standard InChI is InChI=1S/C23H25NO4/c1-22(2,3)28-21(27)24-23(20(25)26)15-18(23)14-19(16-10-6-4-7-11-16)17-12-8-5-9-13-17/h4-14,18H,15H2,1-3H3,(H,24,27)(H,25,26)/t18-,23+/m1/s1. The number of carboxylic acids is 1. The number of aliphatic carboxylic acids is 1. The molecule has 2 atom stereocenters. The van der Waals surface area contributed by atoms with Crippen molar-refractivity contribution in [3.05, 3.63) is 77.9 Å². The molecule has 1 amide bonds. The smallest absolute Gasteiger partial charge is 0.408 e. The van der Waals surface area contributed by atoms with Crippen LogP contribution in [0.1, 0.15) is 38.3 Å². The van der Waals surface area contributed by atoms with Crippen LogP contribution in [0, 0.1) is 5.92 Å². The molecule has 1 aliphatic rings. The number of ether oxygens (including phenoxy) is 1. The van der Waals surface area contributed by atoms with E-state index >= 15 is 0 Å². The summed E-state index contributed by atoms with van der Waals surface area (Å²) in [4.78, 5) is 24.1. The van der Waals surface area contributed by atoms with Crippen LogP contribution in [0.2, 0.25) is 0 Å². The molecule has 2 N–H and O–H groups in total. The van der Waals surface area contributed by atoms with Crippen molar-refractivity contribution >= 4 is 17.6 Å². The summed E-state index contributed by atoms with van der Waals surface area (Å²) in [6.45, 7) is 5.23. The number of nitrogens with one attached hydrogen (secondary N) is 1. The Morgan fingerprint density at radius 3 is 1.96 bits per heavy atom. The molecule has 5 heteroatoms. The van der Waals surface area contributed by atoms with E-state index in [0.29, 0.717) is 6.42 Å². The van der Waals surface area contributed by atoms with Crippen molar-refractivity contribution in [3.8, 4) is 0 Å². The Hall–Kier alpha value is -3.08.